The van der Waals surface area contributed by atoms with Gasteiger partial charge in [-0.05, 0) is 48.9 Å². The first kappa shape index (κ1) is 22.4. The number of hydrogen-bond donors (Lipinski definition) is 0. The number of halogens is 2. The average Bonchev–Trinajstić information content (AvgIpc) is 3.35. The molecular weight excluding hydrogens is 427 g/mol. The molecule has 3 rings (SSSR count). The van der Waals surface area contributed by atoms with Crippen LogP contribution in [0.5, 0.6) is 0 Å². The van der Waals surface area contributed by atoms with Crippen LogP contribution in [-0.2, 0) is 22.4 Å². The lowest BCUT2D eigenvalue weighted by molar-refractivity contribution is -0.180. The minimum atomic E-state index is -0.657. The third-order valence-electron chi connectivity index (χ3n) is 4.65. The van der Waals surface area contributed by atoms with Crippen LogP contribution in [-0.4, -0.2) is 33.8 Å². The number of hydrogen-bond acceptors (Lipinski definition) is 4. The molecule has 0 amide bonds. The van der Waals surface area contributed by atoms with Crippen molar-refractivity contribution in [1.29, 1.82) is 0 Å². The van der Waals surface area contributed by atoms with Crippen LogP contribution < -0.4 is 0 Å². The van der Waals surface area contributed by atoms with E-state index in [0.717, 1.165) is 28.6 Å². The van der Waals surface area contributed by atoms with E-state index in [-0.39, 0.29) is 6.10 Å². The van der Waals surface area contributed by atoms with Crippen molar-refractivity contribution in [2.75, 3.05) is 12.4 Å². The first-order valence-electron chi connectivity index (χ1n) is 9.59. The number of ether oxygens (including phenoxy) is 2. The first-order valence-corrected chi connectivity index (χ1v) is 11.3. The van der Waals surface area contributed by atoms with Crippen LogP contribution >= 0.6 is 35.0 Å². The minimum absolute atomic E-state index is 0.0400. The van der Waals surface area contributed by atoms with Gasteiger partial charge >= 0.3 is 0 Å². The third-order valence-corrected chi connectivity index (χ3v) is 6.16. The number of thioether (sulfide) groups is 1. The van der Waals surface area contributed by atoms with E-state index in [0.29, 0.717) is 13.2 Å². The summed E-state index contributed by atoms with van der Waals surface area (Å²) in [5, 5.41) is 1.52. The van der Waals surface area contributed by atoms with Gasteiger partial charge in [0.15, 0.2) is 5.79 Å². The molecule has 7 heteroatoms. The van der Waals surface area contributed by atoms with Crippen molar-refractivity contribution < 1.29 is 9.47 Å². The average molecular weight is 453 g/mol. The number of imidazole rings is 1. The molecule has 0 aliphatic carbocycles. The molecule has 156 valence electrons. The summed E-state index contributed by atoms with van der Waals surface area (Å²) in [5.41, 5.74) is 1.21. The largest absolute Gasteiger partial charge is 0.345 e. The molecule has 1 aliphatic rings. The van der Waals surface area contributed by atoms with Crippen molar-refractivity contribution in [3.05, 3.63) is 75.7 Å². The highest BCUT2D eigenvalue weighted by Gasteiger charge is 2.41. The van der Waals surface area contributed by atoms with Gasteiger partial charge in [-0.25, -0.2) is 4.98 Å². The van der Waals surface area contributed by atoms with Crippen molar-refractivity contribution in [2.24, 2.45) is 0 Å². The predicted octanol–water partition coefficient (Wildman–Crippen LogP) is 6.06. The van der Waals surface area contributed by atoms with E-state index in [4.69, 9.17) is 32.7 Å². The molecule has 2 heterocycles. The smallest absolute Gasteiger partial charge is 0.187 e. The van der Waals surface area contributed by atoms with Crippen molar-refractivity contribution >= 4 is 35.0 Å². The molecule has 2 aromatic rings. The summed E-state index contributed by atoms with van der Waals surface area (Å²) in [5.74, 6) is 0.180. The molecule has 0 unspecified atom stereocenters. The lowest BCUT2D eigenvalue weighted by atomic mass is 10.0. The van der Waals surface area contributed by atoms with E-state index < -0.39 is 5.79 Å². The maximum atomic E-state index is 6.46. The Kier molecular flexibility index (Phi) is 8.27. The van der Waals surface area contributed by atoms with E-state index in [2.05, 4.69) is 24.0 Å². The van der Waals surface area contributed by atoms with Gasteiger partial charge in [-0.15, -0.1) is 11.8 Å². The Morgan fingerprint density at radius 1 is 1.31 bits per heavy atom. The molecule has 0 radical (unpaired) electrons. The molecule has 2 atom stereocenters. The summed E-state index contributed by atoms with van der Waals surface area (Å²) in [6.45, 7) is 5.15. The maximum absolute atomic E-state index is 6.46. The molecule has 0 N–H and O–H groups in total. The molecule has 0 bridgehead atoms. The zero-order valence-corrected chi connectivity index (χ0v) is 19.0. The molecule has 1 aromatic heterocycles. The monoisotopic (exact) mass is 452 g/mol. The van der Waals surface area contributed by atoms with Gasteiger partial charge in [0.05, 0.1) is 25.6 Å². The van der Waals surface area contributed by atoms with E-state index >= 15 is 0 Å². The summed E-state index contributed by atoms with van der Waals surface area (Å²) in [4.78, 5) is 5.34. The van der Waals surface area contributed by atoms with Crippen LogP contribution in [0.4, 0.5) is 0 Å². The van der Waals surface area contributed by atoms with E-state index in [1.165, 1.54) is 10.5 Å². The summed E-state index contributed by atoms with van der Waals surface area (Å²) >= 11 is 13.7. The molecular formula is C22H26Cl2N2O2S. The second-order valence-electron chi connectivity index (χ2n) is 7.16. The Morgan fingerprint density at radius 3 is 2.79 bits per heavy atom. The van der Waals surface area contributed by atoms with Gasteiger partial charge in [-0.1, -0.05) is 41.4 Å². The second kappa shape index (κ2) is 10.7. The van der Waals surface area contributed by atoms with Crippen LogP contribution in [0, 0.1) is 0 Å². The Hall–Kier alpha value is -1.24. The normalized spacial score (nSPS) is 23.0. The van der Waals surface area contributed by atoms with Crippen molar-refractivity contribution in [3.8, 4) is 0 Å². The van der Waals surface area contributed by atoms with Crippen LogP contribution in [0.25, 0.3) is 0 Å². The summed E-state index contributed by atoms with van der Waals surface area (Å²) < 4.78 is 14.7. The Morgan fingerprint density at radius 2 is 2.10 bits per heavy atom. The number of aromatic nitrogens is 2. The molecule has 0 spiro atoms. The highest BCUT2D eigenvalue weighted by Crippen LogP contribution is 2.33. The highest BCUT2D eigenvalue weighted by atomic mass is 35.5. The predicted molar refractivity (Wildman–Crippen MR) is 121 cm³/mol. The molecule has 1 aromatic carbocycles. The number of nitrogens with zero attached hydrogens (tertiary/aromatic N) is 2. The second-order valence-corrected chi connectivity index (χ2v) is 9.46. The van der Waals surface area contributed by atoms with Crippen molar-refractivity contribution in [3.63, 3.8) is 0 Å². The van der Waals surface area contributed by atoms with E-state index in [1.807, 2.05) is 42.0 Å². The number of benzene rings is 1. The van der Waals surface area contributed by atoms with Gasteiger partial charge in [0.25, 0.3) is 0 Å². The fraction of sp³-hybridized carbons (Fsp3) is 0.409. The Labute approximate surface area is 186 Å². The summed E-state index contributed by atoms with van der Waals surface area (Å²) in [6.07, 6.45) is 11.1. The molecule has 1 aliphatic heterocycles. The van der Waals surface area contributed by atoms with Gasteiger partial charge < -0.3 is 14.0 Å². The first-order chi connectivity index (χ1) is 13.9. The van der Waals surface area contributed by atoms with Crippen LogP contribution in [0.3, 0.4) is 0 Å². The highest BCUT2D eigenvalue weighted by molar-refractivity contribution is 8.03. The van der Waals surface area contributed by atoms with Gasteiger partial charge in [0, 0.05) is 34.6 Å². The quantitative estimate of drug-likeness (QED) is 0.433. The van der Waals surface area contributed by atoms with Gasteiger partial charge in [-0.2, -0.15) is 0 Å². The lowest BCUT2D eigenvalue weighted by Gasteiger charge is -2.28. The fourth-order valence-corrected chi connectivity index (χ4v) is 4.11. The summed E-state index contributed by atoms with van der Waals surface area (Å²) in [7, 11) is 0. The number of allylic oxidation sites excluding steroid dienone is 4. The number of rotatable bonds is 9. The molecule has 1 saturated heterocycles. The Bertz CT molecular complexity index is 833. The van der Waals surface area contributed by atoms with Crippen molar-refractivity contribution in [1.82, 2.24) is 9.55 Å². The van der Waals surface area contributed by atoms with Gasteiger partial charge in [0.2, 0.25) is 0 Å². The Balaban J connectivity index is 1.62. The van der Waals surface area contributed by atoms with E-state index in [9.17, 15) is 0 Å². The molecule has 1 fully saturated rings. The summed E-state index contributed by atoms with van der Waals surface area (Å²) in [6, 6.07) is 7.94. The van der Waals surface area contributed by atoms with Crippen LogP contribution in [0.1, 0.15) is 25.8 Å². The molecule has 4 nitrogen and oxygen atoms in total. The van der Waals surface area contributed by atoms with E-state index in [1.54, 1.807) is 24.3 Å². The third kappa shape index (κ3) is 7.19. The van der Waals surface area contributed by atoms with Crippen molar-refractivity contribution in [2.45, 2.75) is 45.1 Å². The van der Waals surface area contributed by atoms with Crippen LogP contribution in [0.15, 0.2) is 65.1 Å². The minimum Gasteiger partial charge on any atom is -0.345 e. The van der Waals surface area contributed by atoms with Crippen LogP contribution in [0.2, 0.25) is 5.02 Å². The standard InChI is InChI=1S/C22H26Cl2N2O2S/c1-17(23)3-4-18(2)29-14-21-13-27-22(28-21,15-26-12-11-25-16-26)10-9-19-5-7-20(24)8-6-19/h3-8,11-12,16,21H,9-10,13-15H2,1-2H3/b17-3+,18-4+/t21-,22+/m0/s1. The maximum Gasteiger partial charge on any atom is 0.187 e. The van der Waals surface area contributed by atoms with Gasteiger partial charge in [0.1, 0.15) is 0 Å². The zero-order valence-electron chi connectivity index (χ0n) is 16.7. The molecule has 0 saturated carbocycles. The SMILES string of the molecule is C/C(Cl)=C\C=C(/C)SC[C@@H]1CO[C@@](CCc2ccc(Cl)cc2)(Cn2ccnc2)O1. The lowest BCUT2D eigenvalue weighted by Crippen LogP contribution is -2.37. The zero-order chi connectivity index (χ0) is 20.7. The topological polar surface area (TPSA) is 36.3 Å². The fourth-order valence-electron chi connectivity index (χ4n) is 3.14. The molecule has 29 heavy (non-hydrogen) atoms. The van der Waals surface area contributed by atoms with Gasteiger partial charge in [-0.3, -0.25) is 0 Å². The number of aryl methyl sites for hydroxylation is 1.